The van der Waals surface area contributed by atoms with Crippen LogP contribution < -0.4 is 9.20 Å². The number of hydrogen-bond acceptors (Lipinski definition) is 3. The molecule has 2 unspecified atom stereocenters. The summed E-state index contributed by atoms with van der Waals surface area (Å²) in [5.74, 6) is 0.818. The molecule has 0 radical (unpaired) electrons. The Labute approximate surface area is 159 Å². The zero-order valence-electron chi connectivity index (χ0n) is 15.4. The first-order valence-corrected chi connectivity index (χ1v) is 11.4. The van der Waals surface area contributed by atoms with Crippen LogP contribution in [-0.4, -0.2) is 38.1 Å². The van der Waals surface area contributed by atoms with Crippen molar-refractivity contribution in [3.63, 3.8) is 0 Å². The summed E-state index contributed by atoms with van der Waals surface area (Å²) in [4.78, 5) is 0.884. The van der Waals surface area contributed by atoms with Crippen LogP contribution in [-0.2, 0) is 15.5 Å². The maximum absolute atomic E-state index is 13.0. The summed E-state index contributed by atoms with van der Waals surface area (Å²) >= 11 is 0.0827. The second-order valence-corrected chi connectivity index (χ2v) is 11.0. The van der Waals surface area contributed by atoms with Gasteiger partial charge >= 0.3 is 160 Å². The van der Waals surface area contributed by atoms with Gasteiger partial charge in [0.2, 0.25) is 0 Å². The first kappa shape index (κ1) is 20.2. The molecule has 0 bridgehead atoms. The first-order valence-electron chi connectivity index (χ1n) is 8.18. The third-order valence-electron chi connectivity index (χ3n) is 3.75. The van der Waals surface area contributed by atoms with Crippen LogP contribution in [0.3, 0.4) is 0 Å². The normalized spacial score (nSPS) is 14.1. The molecule has 2 aromatic rings. The molecule has 0 saturated carbocycles. The zero-order chi connectivity index (χ0) is 18.4. The Kier molecular flexibility index (Phi) is 7.26. The summed E-state index contributed by atoms with van der Waals surface area (Å²) in [6, 6.07) is 16.1. The molecular weight excluding hydrogens is 399 g/mol. The molecule has 25 heavy (non-hydrogen) atoms. The van der Waals surface area contributed by atoms with Crippen LogP contribution in [0, 0.1) is 0 Å². The average molecular weight is 425 g/mol. The molecule has 0 saturated heterocycles. The van der Waals surface area contributed by atoms with Gasteiger partial charge in [-0.3, -0.25) is 0 Å². The van der Waals surface area contributed by atoms with Gasteiger partial charge in [0, 0.05) is 0 Å². The van der Waals surface area contributed by atoms with Gasteiger partial charge in [-0.1, -0.05) is 0 Å². The standard InChI is InChI=1S/C20H26O3SSe/c1-20(2,3)24(21)18-13-9-12-16(22-4)19(18)25-14-17(23-5)15-10-7-6-8-11-15/h6-13,17H,14H2,1-5H3. The summed E-state index contributed by atoms with van der Waals surface area (Å²) in [7, 11) is 2.32. The van der Waals surface area contributed by atoms with Crippen molar-refractivity contribution >= 4 is 30.2 Å². The molecule has 0 aliphatic rings. The van der Waals surface area contributed by atoms with Crippen LogP contribution >= 0.6 is 0 Å². The third kappa shape index (κ3) is 5.18. The van der Waals surface area contributed by atoms with Crippen molar-refractivity contribution in [1.82, 2.24) is 0 Å². The second kappa shape index (κ2) is 9.00. The number of methoxy groups -OCH3 is 2. The number of hydrogen-bond donors (Lipinski definition) is 0. The van der Waals surface area contributed by atoms with Crippen LogP contribution in [0.15, 0.2) is 53.4 Å². The monoisotopic (exact) mass is 426 g/mol. The van der Waals surface area contributed by atoms with Gasteiger partial charge in [-0.05, 0) is 0 Å². The SMILES string of the molecule is COc1cccc(S(=O)C(C)(C)C)c1[Se]CC(OC)c1ccccc1. The van der Waals surface area contributed by atoms with Crippen LogP contribution in [0.2, 0.25) is 5.32 Å². The van der Waals surface area contributed by atoms with E-state index in [1.807, 2.05) is 57.2 Å². The molecule has 0 aliphatic heterocycles. The number of ether oxygens (including phenoxy) is 2. The van der Waals surface area contributed by atoms with E-state index in [-0.39, 0.29) is 25.8 Å². The molecule has 0 heterocycles. The van der Waals surface area contributed by atoms with Crippen LogP contribution in [0.5, 0.6) is 5.75 Å². The van der Waals surface area contributed by atoms with Gasteiger partial charge in [0.1, 0.15) is 0 Å². The fourth-order valence-corrected chi connectivity index (χ4v) is 6.73. The molecule has 0 N–H and O–H groups in total. The number of benzene rings is 2. The quantitative estimate of drug-likeness (QED) is 0.634. The van der Waals surface area contributed by atoms with E-state index in [1.165, 1.54) is 5.56 Å². The van der Waals surface area contributed by atoms with Gasteiger partial charge in [-0.25, -0.2) is 0 Å². The molecule has 2 aromatic carbocycles. The van der Waals surface area contributed by atoms with E-state index in [1.54, 1.807) is 14.2 Å². The molecule has 136 valence electrons. The number of rotatable bonds is 7. The van der Waals surface area contributed by atoms with Crippen molar-refractivity contribution < 1.29 is 13.7 Å². The molecule has 0 spiro atoms. The fraction of sp³-hybridized carbons (Fsp3) is 0.400. The van der Waals surface area contributed by atoms with Crippen molar-refractivity contribution in [3.05, 3.63) is 54.1 Å². The van der Waals surface area contributed by atoms with E-state index in [4.69, 9.17) is 9.47 Å². The molecular formula is C20H26O3SSe. The topological polar surface area (TPSA) is 35.5 Å². The predicted octanol–water partition coefficient (Wildman–Crippen LogP) is 3.74. The van der Waals surface area contributed by atoms with Crippen LogP contribution in [0.1, 0.15) is 32.4 Å². The molecule has 0 amide bonds. The van der Waals surface area contributed by atoms with E-state index in [9.17, 15) is 4.21 Å². The maximum atomic E-state index is 13.0. The second-order valence-electron chi connectivity index (χ2n) is 6.61. The summed E-state index contributed by atoms with van der Waals surface area (Å²) < 4.78 is 25.0. The summed E-state index contributed by atoms with van der Waals surface area (Å²) in [6.07, 6.45) is 0.0297. The van der Waals surface area contributed by atoms with E-state index in [2.05, 4.69) is 12.1 Å². The van der Waals surface area contributed by atoms with Crippen molar-refractivity contribution in [2.24, 2.45) is 0 Å². The van der Waals surface area contributed by atoms with Gasteiger partial charge < -0.3 is 0 Å². The Hall–Kier alpha value is -1.13. The molecule has 2 atom stereocenters. The molecule has 5 heteroatoms. The first-order chi connectivity index (χ1) is 11.9. The van der Waals surface area contributed by atoms with E-state index in [0.717, 1.165) is 20.4 Å². The van der Waals surface area contributed by atoms with E-state index >= 15 is 0 Å². The van der Waals surface area contributed by atoms with Crippen LogP contribution in [0.25, 0.3) is 0 Å². The van der Waals surface area contributed by atoms with Gasteiger partial charge in [0.05, 0.1) is 0 Å². The molecule has 3 nitrogen and oxygen atoms in total. The molecule has 0 aromatic heterocycles. The van der Waals surface area contributed by atoms with Gasteiger partial charge in [0.25, 0.3) is 0 Å². The Bertz CT molecular complexity index is 711. The van der Waals surface area contributed by atoms with Gasteiger partial charge in [-0.2, -0.15) is 0 Å². The van der Waals surface area contributed by atoms with Crippen LogP contribution in [0.4, 0.5) is 0 Å². The summed E-state index contributed by atoms with van der Waals surface area (Å²) in [5.41, 5.74) is 1.17. The molecule has 0 aliphatic carbocycles. The minimum atomic E-state index is -1.09. The summed E-state index contributed by atoms with van der Waals surface area (Å²) in [6.45, 7) is 6.00. The van der Waals surface area contributed by atoms with Crippen molar-refractivity contribution in [2.45, 2.75) is 41.8 Å². The van der Waals surface area contributed by atoms with E-state index in [0.29, 0.717) is 0 Å². The predicted molar refractivity (Wildman–Crippen MR) is 106 cm³/mol. The van der Waals surface area contributed by atoms with Gasteiger partial charge in [0.15, 0.2) is 0 Å². The molecule has 2 rings (SSSR count). The van der Waals surface area contributed by atoms with Gasteiger partial charge in [-0.15, -0.1) is 0 Å². The average Bonchev–Trinajstić information content (AvgIpc) is 2.61. The Balaban J connectivity index is 2.30. The fourth-order valence-electron chi connectivity index (χ4n) is 2.40. The van der Waals surface area contributed by atoms with Crippen molar-refractivity contribution in [3.8, 4) is 5.75 Å². The Morgan fingerprint density at radius 2 is 1.72 bits per heavy atom. The Morgan fingerprint density at radius 1 is 1.04 bits per heavy atom. The molecule has 0 fully saturated rings. The third-order valence-corrected chi connectivity index (χ3v) is 8.37. The van der Waals surface area contributed by atoms with E-state index < -0.39 is 10.8 Å². The van der Waals surface area contributed by atoms with Crippen molar-refractivity contribution in [1.29, 1.82) is 0 Å². The summed E-state index contributed by atoms with van der Waals surface area (Å²) in [5, 5.41) is 0.863. The zero-order valence-corrected chi connectivity index (χ0v) is 18.0. The minimum absolute atomic E-state index is 0.0297. The Morgan fingerprint density at radius 3 is 2.28 bits per heavy atom. The van der Waals surface area contributed by atoms with Crippen molar-refractivity contribution in [2.75, 3.05) is 14.2 Å².